The zero-order valence-corrected chi connectivity index (χ0v) is 12.3. The second kappa shape index (κ2) is 5.24. The van der Waals surface area contributed by atoms with Gasteiger partial charge in [0.1, 0.15) is 11.5 Å². The van der Waals surface area contributed by atoms with Crippen LogP contribution in [0.5, 0.6) is 0 Å². The normalized spacial score (nSPS) is 30.6. The zero-order valence-electron chi connectivity index (χ0n) is 12.3. The highest BCUT2D eigenvalue weighted by atomic mass is 16.6. The molecule has 2 aliphatic heterocycles. The Bertz CT molecular complexity index is 403. The SMILES string of the molecule is CC(C)(C)OC(=O)N1CCCC12CCOCC2C(=O)O. The molecule has 0 aromatic carbocycles. The van der Waals surface area contributed by atoms with Gasteiger partial charge in [-0.25, -0.2) is 4.79 Å². The van der Waals surface area contributed by atoms with Crippen molar-refractivity contribution in [1.82, 2.24) is 4.90 Å². The minimum atomic E-state index is -0.903. The van der Waals surface area contributed by atoms with Crippen LogP contribution in [0.25, 0.3) is 0 Å². The van der Waals surface area contributed by atoms with E-state index in [0.29, 0.717) is 26.0 Å². The largest absolute Gasteiger partial charge is 0.481 e. The predicted molar refractivity (Wildman–Crippen MR) is 71.5 cm³/mol. The predicted octanol–water partition coefficient (Wildman–Crippen LogP) is 1.88. The Kier molecular flexibility index (Phi) is 3.95. The van der Waals surface area contributed by atoms with Gasteiger partial charge in [0, 0.05) is 13.2 Å². The van der Waals surface area contributed by atoms with Gasteiger partial charge >= 0.3 is 12.1 Å². The number of hydrogen-bond donors (Lipinski definition) is 1. The molecule has 20 heavy (non-hydrogen) atoms. The van der Waals surface area contributed by atoms with E-state index >= 15 is 0 Å². The minimum Gasteiger partial charge on any atom is -0.481 e. The molecule has 1 spiro atoms. The first-order valence-corrected chi connectivity index (χ1v) is 7.07. The fourth-order valence-electron chi connectivity index (χ4n) is 3.19. The summed E-state index contributed by atoms with van der Waals surface area (Å²) in [6.07, 6.45) is 1.65. The van der Waals surface area contributed by atoms with Gasteiger partial charge in [0.15, 0.2) is 0 Å². The summed E-state index contributed by atoms with van der Waals surface area (Å²) in [5.74, 6) is -1.58. The molecular formula is C14H23NO5. The standard InChI is InChI=1S/C14H23NO5/c1-13(2,3)20-12(18)15-7-4-5-14(15)6-8-19-9-10(14)11(16)17/h10H,4-9H2,1-3H3,(H,16,17). The average Bonchev–Trinajstić information content (AvgIpc) is 2.71. The molecule has 0 bridgehead atoms. The van der Waals surface area contributed by atoms with Gasteiger partial charge in [-0.05, 0) is 40.0 Å². The van der Waals surface area contributed by atoms with Crippen LogP contribution in [0.15, 0.2) is 0 Å². The summed E-state index contributed by atoms with van der Waals surface area (Å²) < 4.78 is 10.7. The lowest BCUT2D eigenvalue weighted by molar-refractivity contribution is -0.156. The van der Waals surface area contributed by atoms with Crippen molar-refractivity contribution in [1.29, 1.82) is 0 Å². The third kappa shape index (κ3) is 2.75. The van der Waals surface area contributed by atoms with Gasteiger partial charge in [-0.1, -0.05) is 0 Å². The Labute approximate surface area is 119 Å². The first-order chi connectivity index (χ1) is 9.26. The van der Waals surface area contributed by atoms with Gasteiger partial charge in [0.2, 0.25) is 0 Å². The third-order valence-corrected chi connectivity index (χ3v) is 4.05. The molecule has 6 heteroatoms. The van der Waals surface area contributed by atoms with E-state index in [9.17, 15) is 14.7 Å². The maximum Gasteiger partial charge on any atom is 0.410 e. The lowest BCUT2D eigenvalue weighted by Crippen LogP contribution is -2.59. The van der Waals surface area contributed by atoms with Gasteiger partial charge in [-0.3, -0.25) is 4.79 Å². The van der Waals surface area contributed by atoms with Crippen LogP contribution in [0, 0.1) is 5.92 Å². The van der Waals surface area contributed by atoms with Crippen LogP contribution < -0.4 is 0 Å². The monoisotopic (exact) mass is 285 g/mol. The number of carbonyl (C=O) groups is 2. The van der Waals surface area contributed by atoms with Crippen LogP contribution in [0.1, 0.15) is 40.0 Å². The average molecular weight is 285 g/mol. The molecular weight excluding hydrogens is 262 g/mol. The van der Waals surface area contributed by atoms with Crippen molar-refractivity contribution in [3.8, 4) is 0 Å². The Hall–Kier alpha value is -1.30. The molecule has 2 unspecified atom stereocenters. The second-order valence-electron chi connectivity index (χ2n) is 6.55. The molecule has 2 atom stereocenters. The number of nitrogens with zero attached hydrogens (tertiary/aromatic N) is 1. The van der Waals surface area contributed by atoms with Crippen LogP contribution in [-0.4, -0.2) is 53.0 Å². The van der Waals surface area contributed by atoms with Gasteiger partial charge in [0.25, 0.3) is 0 Å². The molecule has 6 nitrogen and oxygen atoms in total. The number of carboxylic acid groups (broad SMARTS) is 1. The number of hydrogen-bond acceptors (Lipinski definition) is 4. The van der Waals surface area contributed by atoms with Gasteiger partial charge in [0.05, 0.1) is 12.1 Å². The van der Waals surface area contributed by atoms with E-state index in [1.54, 1.807) is 4.90 Å². The van der Waals surface area contributed by atoms with Crippen molar-refractivity contribution >= 4 is 12.1 Å². The number of rotatable bonds is 1. The van der Waals surface area contributed by atoms with E-state index in [1.165, 1.54) is 0 Å². The molecule has 0 aliphatic carbocycles. The van der Waals surface area contributed by atoms with Crippen molar-refractivity contribution < 1.29 is 24.2 Å². The first-order valence-electron chi connectivity index (χ1n) is 7.07. The van der Waals surface area contributed by atoms with E-state index in [0.717, 1.165) is 6.42 Å². The fourth-order valence-corrected chi connectivity index (χ4v) is 3.19. The Morgan fingerprint density at radius 3 is 2.65 bits per heavy atom. The maximum absolute atomic E-state index is 12.4. The highest BCUT2D eigenvalue weighted by Gasteiger charge is 2.54. The van der Waals surface area contributed by atoms with Crippen molar-refractivity contribution in [2.45, 2.75) is 51.2 Å². The van der Waals surface area contributed by atoms with Crippen LogP contribution in [0.2, 0.25) is 0 Å². The van der Waals surface area contributed by atoms with Crippen LogP contribution in [-0.2, 0) is 14.3 Å². The summed E-state index contributed by atoms with van der Waals surface area (Å²) in [5, 5.41) is 9.44. The van der Waals surface area contributed by atoms with Crippen molar-refractivity contribution in [3.63, 3.8) is 0 Å². The molecule has 2 aliphatic rings. The molecule has 114 valence electrons. The summed E-state index contributed by atoms with van der Waals surface area (Å²) in [5.41, 5.74) is -1.23. The molecule has 2 fully saturated rings. The number of aliphatic carboxylic acids is 1. The number of carboxylic acids is 1. The number of likely N-dealkylation sites (tertiary alicyclic amines) is 1. The smallest absolute Gasteiger partial charge is 0.410 e. The first kappa shape index (κ1) is 15.1. The van der Waals surface area contributed by atoms with Gasteiger partial charge in [-0.15, -0.1) is 0 Å². The minimum absolute atomic E-state index is 0.161. The lowest BCUT2D eigenvalue weighted by Gasteiger charge is -2.45. The van der Waals surface area contributed by atoms with Crippen LogP contribution >= 0.6 is 0 Å². The molecule has 2 rings (SSSR count). The summed E-state index contributed by atoms with van der Waals surface area (Å²) in [7, 11) is 0. The number of amides is 1. The van der Waals surface area contributed by atoms with E-state index < -0.39 is 29.1 Å². The Balaban J connectivity index is 2.23. The summed E-state index contributed by atoms with van der Waals surface area (Å²) >= 11 is 0. The second-order valence-corrected chi connectivity index (χ2v) is 6.55. The topological polar surface area (TPSA) is 76.1 Å². The summed E-state index contributed by atoms with van der Waals surface area (Å²) in [4.78, 5) is 25.5. The van der Waals surface area contributed by atoms with Crippen molar-refractivity contribution in [3.05, 3.63) is 0 Å². The Morgan fingerprint density at radius 1 is 1.35 bits per heavy atom. The highest BCUT2D eigenvalue weighted by Crippen LogP contribution is 2.42. The summed E-state index contributed by atoms with van der Waals surface area (Å²) in [6, 6.07) is 0. The van der Waals surface area contributed by atoms with E-state index in [4.69, 9.17) is 9.47 Å². The van der Waals surface area contributed by atoms with Crippen molar-refractivity contribution in [2.24, 2.45) is 5.92 Å². The highest BCUT2D eigenvalue weighted by molar-refractivity contribution is 5.76. The van der Waals surface area contributed by atoms with Crippen molar-refractivity contribution in [2.75, 3.05) is 19.8 Å². The third-order valence-electron chi connectivity index (χ3n) is 4.05. The lowest BCUT2D eigenvalue weighted by atomic mass is 9.78. The molecule has 1 amide bonds. The molecule has 1 N–H and O–H groups in total. The Morgan fingerprint density at radius 2 is 2.05 bits per heavy atom. The number of carbonyl (C=O) groups excluding carboxylic acids is 1. The van der Waals surface area contributed by atoms with Crippen LogP contribution in [0.3, 0.4) is 0 Å². The van der Waals surface area contributed by atoms with Gasteiger partial charge in [-0.2, -0.15) is 0 Å². The summed E-state index contributed by atoms with van der Waals surface area (Å²) in [6.45, 7) is 6.64. The number of ether oxygens (including phenoxy) is 2. The van der Waals surface area contributed by atoms with E-state index in [2.05, 4.69) is 0 Å². The van der Waals surface area contributed by atoms with E-state index in [1.807, 2.05) is 20.8 Å². The quantitative estimate of drug-likeness (QED) is 0.796. The molecule has 0 aromatic rings. The van der Waals surface area contributed by atoms with Crippen LogP contribution in [0.4, 0.5) is 4.79 Å². The molecule has 2 heterocycles. The molecule has 0 radical (unpaired) electrons. The zero-order chi connectivity index (χ0) is 15.0. The fraction of sp³-hybridized carbons (Fsp3) is 0.857. The van der Waals surface area contributed by atoms with Gasteiger partial charge < -0.3 is 19.5 Å². The molecule has 0 saturated carbocycles. The maximum atomic E-state index is 12.4. The van der Waals surface area contributed by atoms with E-state index in [-0.39, 0.29) is 6.61 Å². The molecule has 0 aromatic heterocycles. The molecule has 2 saturated heterocycles.